The van der Waals surface area contributed by atoms with E-state index in [0.29, 0.717) is 17.7 Å². The molecule has 0 bridgehead atoms. The van der Waals surface area contributed by atoms with Crippen molar-refractivity contribution in [2.24, 2.45) is 7.05 Å². The third kappa shape index (κ3) is 3.01. The molecule has 2 heterocycles. The SMILES string of the molecule is COc1cccc(CNC(=O)Cn2c(=O)n(C)c3ncccc32)c1. The molecule has 1 N–H and O–H groups in total. The summed E-state index contributed by atoms with van der Waals surface area (Å²) in [6.45, 7) is 0.319. The van der Waals surface area contributed by atoms with Crippen LogP contribution in [0.3, 0.4) is 0 Å². The van der Waals surface area contributed by atoms with Gasteiger partial charge in [0, 0.05) is 19.8 Å². The van der Waals surface area contributed by atoms with Gasteiger partial charge in [-0.25, -0.2) is 9.78 Å². The molecular weight excluding hydrogens is 308 g/mol. The van der Waals surface area contributed by atoms with Crippen LogP contribution in [0, 0.1) is 0 Å². The molecule has 7 nitrogen and oxygen atoms in total. The Morgan fingerprint density at radius 1 is 1.29 bits per heavy atom. The van der Waals surface area contributed by atoms with Crippen molar-refractivity contribution in [2.45, 2.75) is 13.1 Å². The van der Waals surface area contributed by atoms with E-state index in [9.17, 15) is 9.59 Å². The second kappa shape index (κ2) is 6.57. The highest BCUT2D eigenvalue weighted by Crippen LogP contribution is 2.12. The van der Waals surface area contributed by atoms with Crippen molar-refractivity contribution in [3.05, 3.63) is 58.6 Å². The lowest BCUT2D eigenvalue weighted by Gasteiger charge is -2.07. The Labute approximate surface area is 138 Å². The third-order valence-electron chi connectivity index (χ3n) is 3.82. The zero-order valence-electron chi connectivity index (χ0n) is 13.5. The predicted octanol–water partition coefficient (Wildman–Crippen LogP) is 1.06. The Bertz CT molecular complexity index is 942. The largest absolute Gasteiger partial charge is 0.497 e. The zero-order valence-corrected chi connectivity index (χ0v) is 13.5. The van der Waals surface area contributed by atoms with Crippen LogP contribution in [0.1, 0.15) is 5.56 Å². The minimum Gasteiger partial charge on any atom is -0.497 e. The first-order valence-electron chi connectivity index (χ1n) is 7.50. The summed E-state index contributed by atoms with van der Waals surface area (Å²) < 4.78 is 8.01. The van der Waals surface area contributed by atoms with Gasteiger partial charge in [0.05, 0.1) is 12.6 Å². The quantitative estimate of drug-likeness (QED) is 0.760. The molecule has 1 aromatic carbocycles. The summed E-state index contributed by atoms with van der Waals surface area (Å²) in [6.07, 6.45) is 1.62. The first-order chi connectivity index (χ1) is 11.6. The molecule has 24 heavy (non-hydrogen) atoms. The fraction of sp³-hybridized carbons (Fsp3) is 0.235. The molecule has 3 aromatic rings. The second-order valence-corrected chi connectivity index (χ2v) is 5.40. The number of carbonyl (C=O) groups excluding carboxylic acids is 1. The highest BCUT2D eigenvalue weighted by atomic mass is 16.5. The summed E-state index contributed by atoms with van der Waals surface area (Å²) in [5.41, 5.74) is 1.86. The van der Waals surface area contributed by atoms with E-state index < -0.39 is 0 Å². The van der Waals surface area contributed by atoms with Gasteiger partial charge in [-0.1, -0.05) is 12.1 Å². The number of hydrogen-bond donors (Lipinski definition) is 1. The monoisotopic (exact) mass is 326 g/mol. The molecule has 0 fully saturated rings. The summed E-state index contributed by atoms with van der Waals surface area (Å²) in [6, 6.07) is 11.0. The van der Waals surface area contributed by atoms with E-state index in [0.717, 1.165) is 11.3 Å². The average molecular weight is 326 g/mol. The Hall–Kier alpha value is -3.09. The van der Waals surface area contributed by atoms with E-state index in [-0.39, 0.29) is 18.1 Å². The van der Waals surface area contributed by atoms with Crippen LogP contribution in [-0.2, 0) is 24.9 Å². The fourth-order valence-electron chi connectivity index (χ4n) is 2.57. The normalized spacial score (nSPS) is 10.8. The number of carbonyl (C=O) groups is 1. The number of imidazole rings is 1. The van der Waals surface area contributed by atoms with E-state index in [1.54, 1.807) is 32.5 Å². The fourth-order valence-corrected chi connectivity index (χ4v) is 2.57. The first kappa shape index (κ1) is 15.8. The van der Waals surface area contributed by atoms with E-state index in [2.05, 4.69) is 10.3 Å². The van der Waals surface area contributed by atoms with Crippen molar-refractivity contribution in [3.63, 3.8) is 0 Å². The summed E-state index contributed by atoms with van der Waals surface area (Å²) in [7, 11) is 3.24. The maximum absolute atomic E-state index is 12.3. The second-order valence-electron chi connectivity index (χ2n) is 5.40. The Morgan fingerprint density at radius 2 is 2.12 bits per heavy atom. The molecule has 0 saturated heterocycles. The van der Waals surface area contributed by atoms with Gasteiger partial charge in [-0.2, -0.15) is 0 Å². The molecule has 124 valence electrons. The van der Waals surface area contributed by atoms with Gasteiger partial charge in [0.1, 0.15) is 12.3 Å². The van der Waals surface area contributed by atoms with Gasteiger partial charge in [-0.3, -0.25) is 13.9 Å². The van der Waals surface area contributed by atoms with E-state index >= 15 is 0 Å². The molecule has 1 amide bonds. The number of aryl methyl sites for hydroxylation is 1. The van der Waals surface area contributed by atoms with Gasteiger partial charge in [-0.15, -0.1) is 0 Å². The highest BCUT2D eigenvalue weighted by molar-refractivity contribution is 5.79. The number of hydrogen-bond acceptors (Lipinski definition) is 4. The molecule has 0 saturated carbocycles. The molecule has 0 atom stereocenters. The topological polar surface area (TPSA) is 78.1 Å². The minimum absolute atomic E-state index is 0.0498. The number of aromatic nitrogens is 3. The van der Waals surface area contributed by atoms with E-state index in [1.165, 1.54) is 9.13 Å². The van der Waals surface area contributed by atoms with Gasteiger partial charge in [0.2, 0.25) is 5.91 Å². The van der Waals surface area contributed by atoms with Gasteiger partial charge >= 0.3 is 5.69 Å². The molecule has 0 aliphatic heterocycles. The van der Waals surface area contributed by atoms with Crippen molar-refractivity contribution in [3.8, 4) is 5.75 Å². The standard InChI is InChI=1S/C17H18N4O3/c1-20-16-14(7-4-8-18-16)21(17(20)23)11-15(22)19-10-12-5-3-6-13(9-12)24-2/h3-9H,10-11H2,1-2H3,(H,19,22). The van der Waals surface area contributed by atoms with Crippen molar-refractivity contribution in [1.29, 1.82) is 0 Å². The van der Waals surface area contributed by atoms with Crippen molar-refractivity contribution in [1.82, 2.24) is 19.4 Å². The minimum atomic E-state index is -0.264. The van der Waals surface area contributed by atoms with Crippen LogP contribution >= 0.6 is 0 Å². The van der Waals surface area contributed by atoms with Crippen LogP contribution in [0.2, 0.25) is 0 Å². The molecule has 0 aliphatic carbocycles. The summed E-state index contributed by atoms with van der Waals surface area (Å²) in [5.74, 6) is 0.495. The van der Waals surface area contributed by atoms with Crippen LogP contribution in [0.4, 0.5) is 0 Å². The molecule has 7 heteroatoms. The maximum Gasteiger partial charge on any atom is 0.330 e. The number of amides is 1. The Balaban J connectivity index is 1.74. The number of nitrogens with one attached hydrogen (secondary N) is 1. The summed E-state index contributed by atoms with van der Waals surface area (Å²) in [4.78, 5) is 28.7. The third-order valence-corrected chi connectivity index (χ3v) is 3.82. The van der Waals surface area contributed by atoms with Crippen LogP contribution in [-0.4, -0.2) is 27.1 Å². The Morgan fingerprint density at radius 3 is 2.92 bits per heavy atom. The van der Waals surface area contributed by atoms with E-state index in [4.69, 9.17) is 4.74 Å². The van der Waals surface area contributed by atoms with Crippen LogP contribution in [0.15, 0.2) is 47.4 Å². The highest BCUT2D eigenvalue weighted by Gasteiger charge is 2.13. The lowest BCUT2D eigenvalue weighted by molar-refractivity contribution is -0.121. The van der Waals surface area contributed by atoms with Gasteiger partial charge < -0.3 is 10.1 Å². The maximum atomic E-state index is 12.3. The zero-order chi connectivity index (χ0) is 17.1. The molecule has 0 spiro atoms. The smallest absolute Gasteiger partial charge is 0.330 e. The number of methoxy groups -OCH3 is 1. The molecule has 0 unspecified atom stereocenters. The van der Waals surface area contributed by atoms with Gasteiger partial charge in [0.15, 0.2) is 5.65 Å². The molecule has 0 aliphatic rings. The van der Waals surface area contributed by atoms with Crippen molar-refractivity contribution < 1.29 is 9.53 Å². The number of ether oxygens (including phenoxy) is 1. The number of fused-ring (bicyclic) bond motifs is 1. The lowest BCUT2D eigenvalue weighted by atomic mass is 10.2. The summed E-state index contributed by atoms with van der Waals surface area (Å²) >= 11 is 0. The molecule has 0 radical (unpaired) electrons. The van der Waals surface area contributed by atoms with Gasteiger partial charge in [0.25, 0.3) is 0 Å². The van der Waals surface area contributed by atoms with Crippen molar-refractivity contribution in [2.75, 3.05) is 7.11 Å². The first-order valence-corrected chi connectivity index (χ1v) is 7.50. The van der Waals surface area contributed by atoms with Crippen LogP contribution < -0.4 is 15.7 Å². The molecular formula is C17H18N4O3. The molecule has 2 aromatic heterocycles. The van der Waals surface area contributed by atoms with Crippen molar-refractivity contribution >= 4 is 17.1 Å². The van der Waals surface area contributed by atoms with Gasteiger partial charge in [-0.05, 0) is 29.8 Å². The average Bonchev–Trinajstić information content (AvgIpc) is 2.85. The number of nitrogens with zero attached hydrogens (tertiary/aromatic N) is 3. The lowest BCUT2D eigenvalue weighted by Crippen LogP contribution is -2.32. The number of rotatable bonds is 5. The predicted molar refractivity (Wildman–Crippen MR) is 89.8 cm³/mol. The Kier molecular flexibility index (Phi) is 4.33. The molecule has 3 rings (SSSR count). The summed E-state index contributed by atoms with van der Waals surface area (Å²) in [5, 5.41) is 2.82. The van der Waals surface area contributed by atoms with Crippen LogP contribution in [0.25, 0.3) is 11.2 Å². The number of pyridine rings is 1. The van der Waals surface area contributed by atoms with E-state index in [1.807, 2.05) is 24.3 Å². The van der Waals surface area contributed by atoms with Crippen LogP contribution in [0.5, 0.6) is 5.75 Å². The number of benzene rings is 1.